The molecule has 0 aliphatic heterocycles. The number of nitrogens with zero attached hydrogens (tertiary/aromatic N) is 1. The first kappa shape index (κ1) is 15.1. The Kier molecular flexibility index (Phi) is 4.02. The number of nitrogen functional groups attached to an aromatic ring is 1. The summed E-state index contributed by atoms with van der Waals surface area (Å²) in [5.41, 5.74) is 5.36. The average Bonchev–Trinajstić information content (AvgIpc) is 2.40. The molecule has 8 heteroatoms. The molecule has 0 aliphatic carbocycles. The number of halogens is 2. The number of rotatable bonds is 3. The van der Waals surface area contributed by atoms with E-state index in [0.29, 0.717) is 0 Å². The van der Waals surface area contributed by atoms with E-state index in [-0.39, 0.29) is 26.9 Å². The van der Waals surface area contributed by atoms with E-state index in [0.717, 1.165) is 12.1 Å². The monoisotopic (exact) mass is 325 g/mol. The van der Waals surface area contributed by atoms with Crippen LogP contribution in [0.1, 0.15) is 5.56 Å². The predicted octanol–water partition coefficient (Wildman–Crippen LogP) is 2.73. The summed E-state index contributed by atoms with van der Waals surface area (Å²) in [5, 5.41) is 8.93. The molecule has 0 saturated carbocycles. The van der Waals surface area contributed by atoms with Crippen molar-refractivity contribution in [2.24, 2.45) is 0 Å². The van der Waals surface area contributed by atoms with Crippen molar-refractivity contribution in [2.45, 2.75) is 4.90 Å². The van der Waals surface area contributed by atoms with Gasteiger partial charge >= 0.3 is 0 Å². The normalized spacial score (nSPS) is 10.9. The minimum atomic E-state index is -4.06. The molecule has 0 saturated heterocycles. The molecule has 0 radical (unpaired) electrons. The van der Waals surface area contributed by atoms with Gasteiger partial charge in [-0.05, 0) is 36.4 Å². The summed E-state index contributed by atoms with van der Waals surface area (Å²) in [5.74, 6) is -0.856. The summed E-state index contributed by atoms with van der Waals surface area (Å²) in [7, 11) is -4.06. The molecule has 2 rings (SSSR count). The Morgan fingerprint density at radius 3 is 2.52 bits per heavy atom. The number of benzene rings is 2. The second-order valence-corrected chi connectivity index (χ2v) is 6.18. The molecule has 5 nitrogen and oxygen atoms in total. The van der Waals surface area contributed by atoms with Gasteiger partial charge in [-0.3, -0.25) is 4.72 Å². The van der Waals surface area contributed by atoms with Crippen LogP contribution in [0.3, 0.4) is 0 Å². The molecular formula is C13H9ClFN3O2S. The van der Waals surface area contributed by atoms with E-state index in [1.807, 2.05) is 0 Å². The van der Waals surface area contributed by atoms with Crippen molar-refractivity contribution in [3.63, 3.8) is 0 Å². The fourth-order valence-electron chi connectivity index (χ4n) is 1.63. The van der Waals surface area contributed by atoms with E-state index in [4.69, 9.17) is 22.6 Å². The summed E-state index contributed by atoms with van der Waals surface area (Å²) >= 11 is 5.70. The number of nitrogens with one attached hydrogen (secondary N) is 1. The molecule has 108 valence electrons. The van der Waals surface area contributed by atoms with Crippen molar-refractivity contribution in [1.82, 2.24) is 0 Å². The van der Waals surface area contributed by atoms with Crippen LogP contribution in [-0.4, -0.2) is 8.42 Å². The second-order valence-electron chi connectivity index (χ2n) is 4.09. The molecule has 3 N–H and O–H groups in total. The number of anilines is 2. The molecule has 0 amide bonds. The van der Waals surface area contributed by atoms with Gasteiger partial charge in [-0.2, -0.15) is 5.26 Å². The first-order chi connectivity index (χ1) is 9.83. The molecule has 2 aromatic rings. The topological polar surface area (TPSA) is 96.0 Å². The van der Waals surface area contributed by atoms with Gasteiger partial charge in [0.1, 0.15) is 10.7 Å². The van der Waals surface area contributed by atoms with Crippen LogP contribution in [0.25, 0.3) is 0 Å². The van der Waals surface area contributed by atoms with Crippen LogP contribution in [-0.2, 0) is 10.0 Å². The van der Waals surface area contributed by atoms with Gasteiger partial charge in [-0.15, -0.1) is 0 Å². The molecule has 0 unspecified atom stereocenters. The van der Waals surface area contributed by atoms with E-state index in [2.05, 4.69) is 4.72 Å². The highest BCUT2D eigenvalue weighted by molar-refractivity contribution is 7.92. The van der Waals surface area contributed by atoms with E-state index in [1.165, 1.54) is 24.3 Å². The van der Waals surface area contributed by atoms with Gasteiger partial charge in [-0.1, -0.05) is 11.6 Å². The number of hydrogen-bond donors (Lipinski definition) is 2. The Balaban J connectivity index is 2.40. The van der Waals surface area contributed by atoms with Gasteiger partial charge in [0, 0.05) is 5.02 Å². The zero-order chi connectivity index (χ0) is 15.6. The average molecular weight is 326 g/mol. The van der Waals surface area contributed by atoms with Crippen LogP contribution in [0.5, 0.6) is 0 Å². The third-order valence-corrected chi connectivity index (χ3v) is 4.28. The van der Waals surface area contributed by atoms with Crippen molar-refractivity contribution in [2.75, 3.05) is 10.5 Å². The van der Waals surface area contributed by atoms with Crippen LogP contribution in [0, 0.1) is 17.1 Å². The van der Waals surface area contributed by atoms with E-state index < -0.39 is 15.8 Å². The maximum Gasteiger partial charge on any atom is 0.264 e. The number of nitrogens with two attached hydrogens (primary N) is 1. The van der Waals surface area contributed by atoms with Gasteiger partial charge in [-0.25, -0.2) is 12.8 Å². The second kappa shape index (κ2) is 5.60. The summed E-state index contributed by atoms with van der Waals surface area (Å²) in [6, 6.07) is 9.02. The summed E-state index contributed by atoms with van der Waals surface area (Å²) in [6.07, 6.45) is 0. The number of nitriles is 1. The lowest BCUT2D eigenvalue weighted by Crippen LogP contribution is -2.15. The molecule has 0 spiro atoms. The van der Waals surface area contributed by atoms with Crippen molar-refractivity contribution >= 4 is 33.0 Å². The smallest absolute Gasteiger partial charge is 0.264 e. The third-order valence-electron chi connectivity index (χ3n) is 2.60. The fourth-order valence-corrected chi connectivity index (χ4v) is 2.99. The molecule has 0 bridgehead atoms. The first-order valence-electron chi connectivity index (χ1n) is 5.61. The molecule has 2 aromatic carbocycles. The highest BCUT2D eigenvalue weighted by atomic mass is 35.5. The number of sulfonamides is 1. The van der Waals surface area contributed by atoms with E-state index in [9.17, 15) is 12.8 Å². The van der Waals surface area contributed by atoms with Gasteiger partial charge in [0.25, 0.3) is 10.0 Å². The van der Waals surface area contributed by atoms with Crippen molar-refractivity contribution < 1.29 is 12.8 Å². The Bertz CT molecular complexity index is 847. The lowest BCUT2D eigenvalue weighted by atomic mass is 10.2. The predicted molar refractivity (Wildman–Crippen MR) is 77.8 cm³/mol. The van der Waals surface area contributed by atoms with Crippen molar-refractivity contribution in [3.05, 3.63) is 52.8 Å². The maximum atomic E-state index is 13.7. The maximum absolute atomic E-state index is 13.7. The quantitative estimate of drug-likeness (QED) is 0.848. The Hall–Kier alpha value is -2.30. The zero-order valence-electron chi connectivity index (χ0n) is 10.5. The first-order valence-corrected chi connectivity index (χ1v) is 7.47. The van der Waals surface area contributed by atoms with Crippen LogP contribution < -0.4 is 10.5 Å². The molecule has 0 fully saturated rings. The lowest BCUT2D eigenvalue weighted by Gasteiger charge is -2.11. The van der Waals surface area contributed by atoms with Gasteiger partial charge in [0.05, 0.1) is 23.0 Å². The SMILES string of the molecule is N#Cc1ccc(NS(=O)(=O)c2ccc(Cl)cc2N)c(F)c1. The summed E-state index contributed by atoms with van der Waals surface area (Å²) in [6.45, 7) is 0. The molecular weight excluding hydrogens is 317 g/mol. The van der Waals surface area contributed by atoms with Gasteiger partial charge in [0.15, 0.2) is 0 Å². The zero-order valence-corrected chi connectivity index (χ0v) is 12.0. The summed E-state index contributed by atoms with van der Waals surface area (Å²) < 4.78 is 40.1. The fraction of sp³-hybridized carbons (Fsp3) is 0. The highest BCUT2D eigenvalue weighted by Crippen LogP contribution is 2.25. The third kappa shape index (κ3) is 3.24. The standard InChI is InChI=1S/C13H9ClFN3O2S/c14-9-2-4-13(11(17)6-9)21(19,20)18-12-3-1-8(7-16)5-10(12)15/h1-6,18H,17H2. The van der Waals surface area contributed by atoms with Crippen molar-refractivity contribution in [3.8, 4) is 6.07 Å². The number of hydrogen-bond acceptors (Lipinski definition) is 4. The Morgan fingerprint density at radius 2 is 1.95 bits per heavy atom. The Morgan fingerprint density at radius 1 is 1.24 bits per heavy atom. The van der Waals surface area contributed by atoms with Crippen molar-refractivity contribution in [1.29, 1.82) is 5.26 Å². The molecule has 0 aliphatic rings. The molecule has 21 heavy (non-hydrogen) atoms. The Labute approximate surface area is 125 Å². The van der Waals surface area contributed by atoms with Gasteiger partial charge in [0.2, 0.25) is 0 Å². The minimum Gasteiger partial charge on any atom is -0.398 e. The van der Waals surface area contributed by atoms with Crippen LogP contribution in [0.2, 0.25) is 5.02 Å². The van der Waals surface area contributed by atoms with Crippen LogP contribution >= 0.6 is 11.6 Å². The van der Waals surface area contributed by atoms with Crippen LogP contribution in [0.4, 0.5) is 15.8 Å². The molecule has 0 aromatic heterocycles. The van der Waals surface area contributed by atoms with E-state index in [1.54, 1.807) is 6.07 Å². The molecule has 0 heterocycles. The highest BCUT2D eigenvalue weighted by Gasteiger charge is 2.19. The largest absolute Gasteiger partial charge is 0.398 e. The lowest BCUT2D eigenvalue weighted by molar-refractivity contribution is 0.599. The van der Waals surface area contributed by atoms with Crippen LogP contribution in [0.15, 0.2) is 41.3 Å². The molecule has 0 atom stereocenters. The summed E-state index contributed by atoms with van der Waals surface area (Å²) in [4.78, 5) is -0.212. The van der Waals surface area contributed by atoms with Gasteiger partial charge < -0.3 is 5.73 Å². The van der Waals surface area contributed by atoms with E-state index >= 15 is 0 Å². The minimum absolute atomic E-state index is 0.0518.